The number of hydrogen-bond donors (Lipinski definition) is 1. The van der Waals surface area contributed by atoms with Gasteiger partial charge in [-0.2, -0.15) is 5.10 Å². The zero-order chi connectivity index (χ0) is 16.2. The third-order valence-corrected chi connectivity index (χ3v) is 5.04. The first-order valence-electron chi connectivity index (χ1n) is 7.05. The molecule has 3 aromatic rings. The van der Waals surface area contributed by atoms with Crippen LogP contribution in [0.4, 0.5) is 5.69 Å². The number of rotatable bonds is 6. The summed E-state index contributed by atoms with van der Waals surface area (Å²) in [4.78, 5) is 13.1. The molecule has 0 fully saturated rings. The second-order valence-electron chi connectivity index (χ2n) is 4.76. The molecule has 120 valence electrons. The smallest absolute Gasteiger partial charge is 0.234 e. The van der Waals surface area contributed by atoms with Gasteiger partial charge in [0, 0.05) is 19.8 Å². The lowest BCUT2D eigenvalue weighted by Crippen LogP contribution is -2.14. The highest BCUT2D eigenvalue weighted by molar-refractivity contribution is 7.99. The van der Waals surface area contributed by atoms with E-state index in [1.807, 2.05) is 36.1 Å². The van der Waals surface area contributed by atoms with Gasteiger partial charge in [-0.1, -0.05) is 17.8 Å². The molecule has 0 bridgehead atoms. The van der Waals surface area contributed by atoms with Crippen molar-refractivity contribution in [2.45, 2.75) is 18.6 Å². The van der Waals surface area contributed by atoms with Crippen molar-refractivity contribution in [1.82, 2.24) is 24.5 Å². The van der Waals surface area contributed by atoms with Gasteiger partial charge in [-0.3, -0.25) is 9.48 Å². The quantitative estimate of drug-likeness (QED) is 0.693. The highest BCUT2D eigenvalue weighted by Gasteiger charge is 2.13. The van der Waals surface area contributed by atoms with Gasteiger partial charge in [0.25, 0.3) is 0 Å². The maximum Gasteiger partial charge on any atom is 0.234 e. The normalized spacial score (nSPS) is 10.9. The Morgan fingerprint density at radius 2 is 2.30 bits per heavy atom. The average Bonchev–Trinajstić information content (AvgIpc) is 3.26. The molecule has 0 saturated heterocycles. The number of thioether (sulfide) groups is 1. The first-order chi connectivity index (χ1) is 11.2. The van der Waals surface area contributed by atoms with E-state index in [4.69, 9.17) is 0 Å². The van der Waals surface area contributed by atoms with Crippen molar-refractivity contribution in [1.29, 1.82) is 0 Å². The SMILES string of the molecule is CCn1cc(NC(=O)CSc2nnc(-c3cccs3)n2C)cn1. The van der Waals surface area contributed by atoms with Crippen molar-refractivity contribution in [2.24, 2.45) is 7.05 Å². The second-order valence-corrected chi connectivity index (χ2v) is 6.65. The molecule has 1 amide bonds. The zero-order valence-electron chi connectivity index (χ0n) is 12.8. The van der Waals surface area contributed by atoms with Crippen LogP contribution in [-0.4, -0.2) is 36.2 Å². The largest absolute Gasteiger partial charge is 0.323 e. The zero-order valence-corrected chi connectivity index (χ0v) is 14.4. The summed E-state index contributed by atoms with van der Waals surface area (Å²) in [7, 11) is 1.90. The second kappa shape index (κ2) is 6.97. The van der Waals surface area contributed by atoms with Crippen LogP contribution in [0.2, 0.25) is 0 Å². The van der Waals surface area contributed by atoms with E-state index in [0.717, 1.165) is 17.2 Å². The van der Waals surface area contributed by atoms with Crippen molar-refractivity contribution in [3.05, 3.63) is 29.9 Å². The molecule has 0 unspecified atom stereocenters. The first kappa shape index (κ1) is 15.8. The Morgan fingerprint density at radius 3 is 3.00 bits per heavy atom. The van der Waals surface area contributed by atoms with Crippen molar-refractivity contribution in [3.63, 3.8) is 0 Å². The topological polar surface area (TPSA) is 77.6 Å². The fourth-order valence-electron chi connectivity index (χ4n) is 1.99. The van der Waals surface area contributed by atoms with Crippen LogP contribution in [0.15, 0.2) is 35.1 Å². The van der Waals surface area contributed by atoms with Crippen molar-refractivity contribution in [3.8, 4) is 10.7 Å². The first-order valence-corrected chi connectivity index (χ1v) is 8.92. The predicted molar refractivity (Wildman–Crippen MR) is 91.6 cm³/mol. The van der Waals surface area contributed by atoms with Gasteiger partial charge in [-0.15, -0.1) is 21.5 Å². The number of aryl methyl sites for hydroxylation is 1. The summed E-state index contributed by atoms with van der Waals surface area (Å²) in [5.74, 6) is 0.992. The van der Waals surface area contributed by atoms with E-state index in [-0.39, 0.29) is 11.7 Å². The minimum atomic E-state index is -0.0914. The lowest BCUT2D eigenvalue weighted by atomic mass is 10.4. The molecule has 3 rings (SSSR count). The van der Waals surface area contributed by atoms with E-state index in [9.17, 15) is 4.79 Å². The minimum absolute atomic E-state index is 0.0914. The van der Waals surface area contributed by atoms with Crippen molar-refractivity contribution >= 4 is 34.7 Å². The molecule has 0 radical (unpaired) electrons. The molecule has 0 spiro atoms. The molecule has 0 aliphatic rings. The standard InChI is InChI=1S/C14H16N6OS2/c1-3-20-8-10(7-15-20)16-12(21)9-23-14-18-17-13(19(14)2)11-5-4-6-22-11/h4-8H,3,9H2,1-2H3,(H,16,21). The molecular formula is C14H16N6OS2. The van der Waals surface area contributed by atoms with Crippen LogP contribution in [0, 0.1) is 0 Å². The van der Waals surface area contributed by atoms with Crippen LogP contribution in [0.1, 0.15) is 6.92 Å². The fourth-order valence-corrected chi connectivity index (χ4v) is 3.44. The Balaban J connectivity index is 1.59. The summed E-state index contributed by atoms with van der Waals surface area (Å²) in [6.45, 7) is 2.77. The molecule has 0 aliphatic carbocycles. The Bertz CT molecular complexity index is 792. The summed E-state index contributed by atoms with van der Waals surface area (Å²) < 4.78 is 3.66. The summed E-state index contributed by atoms with van der Waals surface area (Å²) in [5.41, 5.74) is 0.703. The summed E-state index contributed by atoms with van der Waals surface area (Å²) >= 11 is 2.97. The van der Waals surface area contributed by atoms with Crippen LogP contribution in [0.5, 0.6) is 0 Å². The Hall–Kier alpha value is -2.13. The molecule has 0 saturated carbocycles. The van der Waals surface area contributed by atoms with E-state index >= 15 is 0 Å². The maximum absolute atomic E-state index is 12.0. The molecule has 3 heterocycles. The van der Waals surface area contributed by atoms with Crippen LogP contribution >= 0.6 is 23.1 Å². The monoisotopic (exact) mass is 348 g/mol. The molecule has 0 atom stereocenters. The van der Waals surface area contributed by atoms with Gasteiger partial charge in [-0.25, -0.2) is 0 Å². The van der Waals surface area contributed by atoms with Gasteiger partial charge < -0.3 is 9.88 Å². The Labute approximate surface area is 141 Å². The Kier molecular flexibility index (Phi) is 4.77. The third kappa shape index (κ3) is 3.62. The van der Waals surface area contributed by atoms with E-state index < -0.39 is 0 Å². The maximum atomic E-state index is 12.0. The Morgan fingerprint density at radius 1 is 1.43 bits per heavy atom. The van der Waals surface area contributed by atoms with Crippen LogP contribution < -0.4 is 5.32 Å². The van der Waals surface area contributed by atoms with E-state index in [1.165, 1.54) is 11.8 Å². The van der Waals surface area contributed by atoms with Gasteiger partial charge >= 0.3 is 0 Å². The van der Waals surface area contributed by atoms with E-state index in [0.29, 0.717) is 10.8 Å². The number of carbonyl (C=O) groups is 1. The summed E-state index contributed by atoms with van der Waals surface area (Å²) in [5, 5.41) is 18.0. The van der Waals surface area contributed by atoms with Gasteiger partial charge in [0.2, 0.25) is 5.91 Å². The number of hydrogen-bond acceptors (Lipinski definition) is 6. The summed E-state index contributed by atoms with van der Waals surface area (Å²) in [6.07, 6.45) is 3.45. The van der Waals surface area contributed by atoms with Crippen molar-refractivity contribution < 1.29 is 4.79 Å². The lowest BCUT2D eigenvalue weighted by molar-refractivity contribution is -0.113. The summed E-state index contributed by atoms with van der Waals surface area (Å²) in [6, 6.07) is 3.98. The van der Waals surface area contributed by atoms with Crippen LogP contribution in [0.25, 0.3) is 10.7 Å². The van der Waals surface area contributed by atoms with E-state index in [1.54, 1.807) is 28.4 Å². The minimum Gasteiger partial charge on any atom is -0.323 e. The number of anilines is 1. The molecule has 23 heavy (non-hydrogen) atoms. The molecule has 9 heteroatoms. The van der Waals surface area contributed by atoms with Gasteiger partial charge in [0.1, 0.15) is 0 Å². The molecule has 7 nitrogen and oxygen atoms in total. The van der Waals surface area contributed by atoms with Gasteiger partial charge in [-0.05, 0) is 18.4 Å². The van der Waals surface area contributed by atoms with Crippen LogP contribution in [0.3, 0.4) is 0 Å². The third-order valence-electron chi connectivity index (χ3n) is 3.15. The number of amides is 1. The highest BCUT2D eigenvalue weighted by Crippen LogP contribution is 2.25. The molecular weight excluding hydrogens is 332 g/mol. The molecule has 0 aliphatic heterocycles. The highest BCUT2D eigenvalue weighted by atomic mass is 32.2. The number of nitrogens with zero attached hydrogens (tertiary/aromatic N) is 5. The van der Waals surface area contributed by atoms with E-state index in [2.05, 4.69) is 20.6 Å². The fraction of sp³-hybridized carbons (Fsp3) is 0.286. The number of aromatic nitrogens is 5. The predicted octanol–water partition coefficient (Wildman–Crippen LogP) is 2.49. The van der Waals surface area contributed by atoms with Crippen LogP contribution in [-0.2, 0) is 18.4 Å². The molecule has 0 aromatic carbocycles. The number of nitrogens with one attached hydrogen (secondary N) is 1. The number of thiophene rings is 1. The molecule has 3 aromatic heterocycles. The average molecular weight is 348 g/mol. The van der Waals surface area contributed by atoms with Crippen molar-refractivity contribution in [2.75, 3.05) is 11.1 Å². The van der Waals surface area contributed by atoms with Gasteiger partial charge in [0.15, 0.2) is 11.0 Å². The lowest BCUT2D eigenvalue weighted by Gasteiger charge is -2.03. The molecule has 1 N–H and O–H groups in total. The van der Waals surface area contributed by atoms with Gasteiger partial charge in [0.05, 0.1) is 22.5 Å². The number of carbonyl (C=O) groups excluding carboxylic acids is 1.